The van der Waals surface area contributed by atoms with Crippen LogP contribution in [0, 0.1) is 5.92 Å². The summed E-state index contributed by atoms with van der Waals surface area (Å²) >= 11 is 1.79. The topological polar surface area (TPSA) is 87.7 Å². The fourth-order valence-corrected chi connectivity index (χ4v) is 2.78. The maximum absolute atomic E-state index is 11.9. The predicted octanol–water partition coefficient (Wildman–Crippen LogP) is 0.771. The normalized spacial score (nSPS) is 25.1. The Bertz CT molecular complexity index is 290. The zero-order chi connectivity index (χ0) is 12.2. The van der Waals surface area contributed by atoms with Crippen LogP contribution < -0.4 is 11.1 Å². The van der Waals surface area contributed by atoms with E-state index in [-0.39, 0.29) is 17.7 Å². The van der Waals surface area contributed by atoms with Gasteiger partial charge in [0.2, 0.25) is 5.91 Å². The monoisotopic (exact) mass is 245 g/mol. The molecule has 1 fully saturated rings. The Morgan fingerprint density at radius 2 is 2.44 bits per heavy atom. The highest BCUT2D eigenvalue weighted by Crippen LogP contribution is 2.24. The second kappa shape index (κ2) is 5.43. The molecule has 1 aliphatic rings. The lowest BCUT2D eigenvalue weighted by Crippen LogP contribution is -2.56. The van der Waals surface area contributed by atoms with Crippen molar-refractivity contribution in [1.82, 2.24) is 5.32 Å². The first-order chi connectivity index (χ1) is 7.53. The number of amides is 1. The SMILES string of the molecule is CCC(C)(NC(=O)C1CCSC1)C(N)=NO. The standard InChI is InChI=1S/C10H19N3O2S/c1-3-10(2,9(11)13-15)12-8(14)7-4-5-16-6-7/h7,15H,3-6H2,1-2H3,(H2,11,13)(H,12,14). The Labute approximate surface area is 99.8 Å². The molecule has 2 unspecified atom stereocenters. The van der Waals surface area contributed by atoms with Crippen LogP contribution in [0.1, 0.15) is 26.7 Å². The first-order valence-corrected chi connectivity index (χ1v) is 6.56. The fourth-order valence-electron chi connectivity index (χ4n) is 1.56. The van der Waals surface area contributed by atoms with Crippen LogP contribution in [0.5, 0.6) is 0 Å². The first-order valence-electron chi connectivity index (χ1n) is 5.41. The minimum Gasteiger partial charge on any atom is -0.409 e. The number of carbonyl (C=O) groups is 1. The summed E-state index contributed by atoms with van der Waals surface area (Å²) in [5, 5.41) is 14.5. The van der Waals surface area contributed by atoms with E-state index in [0.717, 1.165) is 17.9 Å². The molecule has 1 heterocycles. The van der Waals surface area contributed by atoms with Gasteiger partial charge >= 0.3 is 0 Å². The van der Waals surface area contributed by atoms with Gasteiger partial charge in [0.15, 0.2) is 5.84 Å². The molecule has 0 saturated carbocycles. The Balaban J connectivity index is 2.65. The van der Waals surface area contributed by atoms with Gasteiger partial charge < -0.3 is 16.3 Å². The van der Waals surface area contributed by atoms with E-state index in [1.165, 1.54) is 0 Å². The molecule has 4 N–H and O–H groups in total. The summed E-state index contributed by atoms with van der Waals surface area (Å²) in [4.78, 5) is 11.9. The number of carbonyl (C=O) groups excluding carboxylic acids is 1. The number of hydrogen-bond acceptors (Lipinski definition) is 4. The fraction of sp³-hybridized carbons (Fsp3) is 0.800. The van der Waals surface area contributed by atoms with Crippen molar-refractivity contribution in [1.29, 1.82) is 0 Å². The van der Waals surface area contributed by atoms with E-state index in [1.54, 1.807) is 18.7 Å². The molecule has 1 rings (SSSR count). The summed E-state index contributed by atoms with van der Waals surface area (Å²) in [6, 6.07) is 0. The highest BCUT2D eigenvalue weighted by molar-refractivity contribution is 7.99. The maximum atomic E-state index is 11.9. The molecular weight excluding hydrogens is 226 g/mol. The average Bonchev–Trinajstić information content (AvgIpc) is 2.81. The van der Waals surface area contributed by atoms with E-state index in [0.29, 0.717) is 6.42 Å². The van der Waals surface area contributed by atoms with E-state index < -0.39 is 5.54 Å². The number of amidine groups is 1. The minimum absolute atomic E-state index is 0.000880. The van der Waals surface area contributed by atoms with Crippen molar-refractivity contribution >= 4 is 23.5 Å². The molecule has 2 atom stereocenters. The van der Waals surface area contributed by atoms with Gasteiger partial charge in [-0.3, -0.25) is 4.79 Å². The number of nitrogens with one attached hydrogen (secondary N) is 1. The van der Waals surface area contributed by atoms with Crippen molar-refractivity contribution in [3.05, 3.63) is 0 Å². The predicted molar refractivity (Wildman–Crippen MR) is 65.7 cm³/mol. The molecule has 1 saturated heterocycles. The van der Waals surface area contributed by atoms with Gasteiger partial charge in [0.05, 0.1) is 5.54 Å². The van der Waals surface area contributed by atoms with E-state index in [4.69, 9.17) is 10.9 Å². The minimum atomic E-state index is -0.751. The first kappa shape index (κ1) is 13.2. The summed E-state index contributed by atoms with van der Waals surface area (Å²) in [6.45, 7) is 3.66. The van der Waals surface area contributed by atoms with Crippen molar-refractivity contribution < 1.29 is 10.0 Å². The number of nitrogens with two attached hydrogens (primary N) is 1. The summed E-state index contributed by atoms with van der Waals surface area (Å²) in [6.07, 6.45) is 1.50. The molecule has 0 bridgehead atoms. The molecule has 1 aliphatic heterocycles. The van der Waals surface area contributed by atoms with Gasteiger partial charge in [-0.1, -0.05) is 12.1 Å². The highest BCUT2D eigenvalue weighted by Gasteiger charge is 2.33. The summed E-state index contributed by atoms with van der Waals surface area (Å²) < 4.78 is 0. The summed E-state index contributed by atoms with van der Waals surface area (Å²) in [5.41, 5.74) is 4.84. The maximum Gasteiger partial charge on any atom is 0.224 e. The van der Waals surface area contributed by atoms with Gasteiger partial charge in [-0.25, -0.2) is 0 Å². The molecule has 0 aromatic heterocycles. The van der Waals surface area contributed by atoms with Gasteiger partial charge in [0.25, 0.3) is 0 Å². The van der Waals surface area contributed by atoms with E-state index in [9.17, 15) is 4.79 Å². The zero-order valence-corrected chi connectivity index (χ0v) is 10.5. The number of rotatable bonds is 4. The molecule has 92 valence electrons. The summed E-state index contributed by atoms with van der Waals surface area (Å²) in [5.74, 6) is 2.00. The molecule has 16 heavy (non-hydrogen) atoms. The van der Waals surface area contributed by atoms with Gasteiger partial charge in [-0.15, -0.1) is 0 Å². The molecule has 0 aromatic carbocycles. The zero-order valence-electron chi connectivity index (χ0n) is 9.69. The van der Waals surface area contributed by atoms with Crippen molar-refractivity contribution in [3.63, 3.8) is 0 Å². The second-order valence-corrected chi connectivity index (χ2v) is 5.37. The van der Waals surface area contributed by atoms with Crippen LogP contribution >= 0.6 is 11.8 Å². The van der Waals surface area contributed by atoms with Gasteiger partial charge in [-0.2, -0.15) is 11.8 Å². The average molecular weight is 245 g/mol. The Hall–Kier alpha value is -0.910. The quantitative estimate of drug-likeness (QED) is 0.295. The molecular formula is C10H19N3O2S. The Morgan fingerprint density at radius 3 is 2.88 bits per heavy atom. The van der Waals surface area contributed by atoms with Crippen LogP contribution in [-0.4, -0.2) is 34.0 Å². The molecule has 1 amide bonds. The second-order valence-electron chi connectivity index (χ2n) is 4.22. The lowest BCUT2D eigenvalue weighted by Gasteiger charge is -2.29. The lowest BCUT2D eigenvalue weighted by atomic mass is 9.96. The lowest BCUT2D eigenvalue weighted by molar-refractivity contribution is -0.125. The van der Waals surface area contributed by atoms with Crippen LogP contribution in [-0.2, 0) is 4.79 Å². The van der Waals surface area contributed by atoms with Crippen LogP contribution in [0.4, 0.5) is 0 Å². The molecule has 0 spiro atoms. The highest BCUT2D eigenvalue weighted by atomic mass is 32.2. The van der Waals surface area contributed by atoms with Crippen LogP contribution in [0.25, 0.3) is 0 Å². The summed E-state index contributed by atoms with van der Waals surface area (Å²) in [7, 11) is 0. The third-order valence-corrected chi connectivity index (χ3v) is 4.24. The molecule has 6 heteroatoms. The Morgan fingerprint density at radius 1 is 1.75 bits per heavy atom. The van der Waals surface area contributed by atoms with E-state index >= 15 is 0 Å². The number of thioether (sulfide) groups is 1. The van der Waals surface area contributed by atoms with Crippen molar-refractivity contribution in [2.24, 2.45) is 16.8 Å². The van der Waals surface area contributed by atoms with Gasteiger partial charge in [0.1, 0.15) is 0 Å². The van der Waals surface area contributed by atoms with E-state index in [1.807, 2.05) is 6.92 Å². The van der Waals surface area contributed by atoms with Crippen LogP contribution in [0.3, 0.4) is 0 Å². The molecule has 0 radical (unpaired) electrons. The molecule has 5 nitrogen and oxygen atoms in total. The van der Waals surface area contributed by atoms with Crippen molar-refractivity contribution in [2.75, 3.05) is 11.5 Å². The smallest absolute Gasteiger partial charge is 0.224 e. The molecule has 0 aliphatic carbocycles. The van der Waals surface area contributed by atoms with Crippen molar-refractivity contribution in [3.8, 4) is 0 Å². The third-order valence-electron chi connectivity index (χ3n) is 3.08. The van der Waals surface area contributed by atoms with Crippen LogP contribution in [0.15, 0.2) is 5.16 Å². The van der Waals surface area contributed by atoms with Gasteiger partial charge in [-0.05, 0) is 25.5 Å². The number of oxime groups is 1. The Kier molecular flexibility index (Phi) is 4.46. The van der Waals surface area contributed by atoms with Crippen molar-refractivity contribution in [2.45, 2.75) is 32.2 Å². The van der Waals surface area contributed by atoms with E-state index in [2.05, 4.69) is 10.5 Å². The number of hydrogen-bond donors (Lipinski definition) is 3. The largest absolute Gasteiger partial charge is 0.409 e. The van der Waals surface area contributed by atoms with Gasteiger partial charge in [0, 0.05) is 11.7 Å². The number of nitrogens with zero attached hydrogens (tertiary/aromatic N) is 1. The molecule has 0 aromatic rings. The van der Waals surface area contributed by atoms with Crippen LogP contribution in [0.2, 0.25) is 0 Å². The third kappa shape index (κ3) is 2.81.